The first kappa shape index (κ1) is 27.6. The number of amides is 2. The molecule has 0 bridgehead atoms. The predicted molar refractivity (Wildman–Crippen MR) is 140 cm³/mol. The van der Waals surface area contributed by atoms with Gasteiger partial charge in [0.05, 0.1) is 6.54 Å². The van der Waals surface area contributed by atoms with Gasteiger partial charge >= 0.3 is 6.36 Å². The minimum atomic E-state index is -4.79. The summed E-state index contributed by atoms with van der Waals surface area (Å²) in [5.74, 6) is -0.986. The van der Waals surface area contributed by atoms with Crippen molar-refractivity contribution in [3.05, 3.63) is 112 Å². The highest BCUT2D eigenvalue weighted by Gasteiger charge is 2.31. The molecular formula is C28H24F3N3O4S. The molecule has 0 fully saturated rings. The van der Waals surface area contributed by atoms with Gasteiger partial charge in [-0.05, 0) is 35.4 Å². The lowest BCUT2D eigenvalue weighted by molar-refractivity contribution is -0.274. The van der Waals surface area contributed by atoms with Crippen LogP contribution in [0.4, 0.5) is 13.2 Å². The molecule has 3 aromatic carbocycles. The summed E-state index contributed by atoms with van der Waals surface area (Å²) in [4.78, 5) is 29.2. The van der Waals surface area contributed by atoms with Crippen LogP contribution >= 0.6 is 11.3 Å². The second-order valence-electron chi connectivity index (χ2n) is 8.30. The molecule has 0 aliphatic rings. The topological polar surface area (TPSA) is 89.6 Å². The maximum atomic E-state index is 12.8. The molecule has 0 unspecified atom stereocenters. The van der Waals surface area contributed by atoms with E-state index in [4.69, 9.17) is 4.74 Å². The third-order valence-corrected chi connectivity index (χ3v) is 6.37. The maximum absolute atomic E-state index is 12.8. The van der Waals surface area contributed by atoms with Crippen molar-refractivity contribution in [2.45, 2.75) is 18.8 Å². The van der Waals surface area contributed by atoms with Crippen molar-refractivity contribution >= 4 is 23.2 Å². The molecule has 1 aromatic heterocycles. The van der Waals surface area contributed by atoms with Crippen molar-refractivity contribution in [3.8, 4) is 11.5 Å². The first-order chi connectivity index (χ1) is 18.8. The van der Waals surface area contributed by atoms with Crippen molar-refractivity contribution in [2.75, 3.05) is 13.2 Å². The van der Waals surface area contributed by atoms with Gasteiger partial charge in [0, 0.05) is 17.8 Å². The van der Waals surface area contributed by atoms with Gasteiger partial charge in [0.1, 0.15) is 22.2 Å². The fourth-order valence-corrected chi connectivity index (χ4v) is 4.41. The van der Waals surface area contributed by atoms with Crippen LogP contribution in [0.2, 0.25) is 0 Å². The third-order valence-electron chi connectivity index (χ3n) is 5.52. The number of carbonyl (C=O) groups excluding carboxylic acids is 2. The molecule has 0 aliphatic heterocycles. The van der Waals surface area contributed by atoms with E-state index in [0.29, 0.717) is 11.6 Å². The number of rotatable bonds is 11. The highest BCUT2D eigenvalue weighted by Crippen LogP contribution is 2.25. The minimum absolute atomic E-state index is 0.0258. The summed E-state index contributed by atoms with van der Waals surface area (Å²) in [6, 6.07) is 24.5. The summed E-state index contributed by atoms with van der Waals surface area (Å²) in [6.07, 6.45) is -4.79. The van der Waals surface area contributed by atoms with Crippen LogP contribution in [0, 0.1) is 0 Å². The summed E-state index contributed by atoms with van der Waals surface area (Å²) in [7, 11) is 0. The number of hydrogen-bond acceptors (Lipinski definition) is 6. The second-order valence-corrected chi connectivity index (χ2v) is 9.24. The zero-order valence-electron chi connectivity index (χ0n) is 20.5. The third kappa shape index (κ3) is 8.57. The van der Waals surface area contributed by atoms with Crippen molar-refractivity contribution < 1.29 is 32.2 Å². The second kappa shape index (κ2) is 12.9. The number of nitrogens with zero attached hydrogens (tertiary/aromatic N) is 1. The Kier molecular flexibility index (Phi) is 9.16. The first-order valence-corrected chi connectivity index (χ1v) is 12.7. The van der Waals surface area contributed by atoms with E-state index in [2.05, 4.69) is 20.4 Å². The van der Waals surface area contributed by atoms with E-state index in [1.165, 1.54) is 23.5 Å². The smallest absolute Gasteiger partial charge is 0.484 e. The molecule has 0 atom stereocenters. The molecule has 2 amide bonds. The highest BCUT2D eigenvalue weighted by atomic mass is 32.1. The molecule has 7 nitrogen and oxygen atoms in total. The monoisotopic (exact) mass is 555 g/mol. The Balaban J connectivity index is 1.25. The van der Waals surface area contributed by atoms with Crippen LogP contribution in [0.15, 0.2) is 90.3 Å². The van der Waals surface area contributed by atoms with Gasteiger partial charge in [-0.2, -0.15) is 0 Å². The van der Waals surface area contributed by atoms with Crippen molar-refractivity contribution in [2.24, 2.45) is 0 Å². The average Bonchev–Trinajstić information content (AvgIpc) is 3.41. The van der Waals surface area contributed by atoms with Gasteiger partial charge < -0.3 is 20.1 Å². The molecule has 1 heterocycles. The van der Waals surface area contributed by atoms with Crippen molar-refractivity contribution in [1.82, 2.24) is 15.6 Å². The Morgan fingerprint density at radius 3 is 2.03 bits per heavy atom. The Bertz CT molecular complexity index is 1320. The summed E-state index contributed by atoms with van der Waals surface area (Å²) in [5, 5.41) is 7.75. The van der Waals surface area contributed by atoms with E-state index in [0.717, 1.165) is 23.3 Å². The van der Waals surface area contributed by atoms with E-state index in [-0.39, 0.29) is 36.4 Å². The number of benzene rings is 3. The minimum Gasteiger partial charge on any atom is -0.484 e. The lowest BCUT2D eigenvalue weighted by Crippen LogP contribution is -2.30. The SMILES string of the molecule is O=C(COc1ccc(OC(F)(F)F)cc1)NCc1nc(C(=O)NCC(c2ccccc2)c2ccccc2)cs1. The predicted octanol–water partition coefficient (Wildman–Crippen LogP) is 5.30. The van der Waals surface area contributed by atoms with Crippen LogP contribution < -0.4 is 20.1 Å². The van der Waals surface area contributed by atoms with Crippen LogP contribution in [0.3, 0.4) is 0 Å². The molecular weight excluding hydrogens is 531 g/mol. The molecule has 4 aromatic rings. The molecule has 0 radical (unpaired) electrons. The maximum Gasteiger partial charge on any atom is 0.573 e. The van der Waals surface area contributed by atoms with Gasteiger partial charge in [-0.15, -0.1) is 24.5 Å². The number of ether oxygens (including phenoxy) is 2. The zero-order valence-corrected chi connectivity index (χ0v) is 21.3. The van der Waals surface area contributed by atoms with Gasteiger partial charge in [0.25, 0.3) is 11.8 Å². The number of halogens is 3. The van der Waals surface area contributed by atoms with Crippen molar-refractivity contribution in [1.29, 1.82) is 0 Å². The molecule has 4 rings (SSSR count). The average molecular weight is 556 g/mol. The van der Waals surface area contributed by atoms with E-state index < -0.39 is 18.0 Å². The number of thiazole rings is 1. The Hall–Kier alpha value is -4.38. The van der Waals surface area contributed by atoms with E-state index in [9.17, 15) is 22.8 Å². The molecule has 0 saturated heterocycles. The quantitative estimate of drug-likeness (QED) is 0.262. The van der Waals surface area contributed by atoms with Gasteiger partial charge in [0.2, 0.25) is 0 Å². The van der Waals surface area contributed by atoms with Crippen LogP contribution in [0.5, 0.6) is 11.5 Å². The lowest BCUT2D eigenvalue weighted by atomic mass is 9.91. The Morgan fingerprint density at radius 1 is 0.846 bits per heavy atom. The summed E-state index contributed by atoms with van der Waals surface area (Å²) < 4.78 is 45.8. The lowest BCUT2D eigenvalue weighted by Gasteiger charge is -2.18. The van der Waals surface area contributed by atoms with Crippen LogP contribution in [-0.2, 0) is 11.3 Å². The van der Waals surface area contributed by atoms with Gasteiger partial charge in [-0.3, -0.25) is 9.59 Å². The molecule has 11 heteroatoms. The van der Waals surface area contributed by atoms with Crippen LogP contribution in [0.1, 0.15) is 32.5 Å². The van der Waals surface area contributed by atoms with E-state index in [1.807, 2.05) is 60.7 Å². The molecule has 39 heavy (non-hydrogen) atoms. The molecule has 0 aliphatic carbocycles. The number of aromatic nitrogens is 1. The standard InChI is InChI=1S/C28H24F3N3O4S/c29-28(30,31)38-22-13-11-21(12-14-22)37-17-25(35)32-16-26-34-24(18-39-26)27(36)33-15-23(19-7-3-1-4-8-19)20-9-5-2-6-10-20/h1-14,18,23H,15-17H2,(H,32,35)(H,33,36). The number of alkyl halides is 3. The molecule has 0 saturated carbocycles. The fraction of sp³-hybridized carbons (Fsp3) is 0.179. The summed E-state index contributed by atoms with van der Waals surface area (Å²) >= 11 is 1.23. The Labute approximate surface area is 226 Å². The number of hydrogen-bond donors (Lipinski definition) is 2. The largest absolute Gasteiger partial charge is 0.573 e. The van der Waals surface area contributed by atoms with Crippen LogP contribution in [-0.4, -0.2) is 36.3 Å². The van der Waals surface area contributed by atoms with Gasteiger partial charge in [-0.1, -0.05) is 60.7 Å². The molecule has 0 spiro atoms. The summed E-state index contributed by atoms with van der Waals surface area (Å²) in [6.45, 7) is 0.130. The molecule has 202 valence electrons. The van der Waals surface area contributed by atoms with Gasteiger partial charge in [0.15, 0.2) is 6.61 Å². The fourth-order valence-electron chi connectivity index (χ4n) is 3.69. The normalized spacial score (nSPS) is 11.2. The van der Waals surface area contributed by atoms with Crippen LogP contribution in [0.25, 0.3) is 0 Å². The van der Waals surface area contributed by atoms with Crippen molar-refractivity contribution in [3.63, 3.8) is 0 Å². The Morgan fingerprint density at radius 2 is 1.44 bits per heavy atom. The molecule has 2 N–H and O–H groups in total. The summed E-state index contributed by atoms with van der Waals surface area (Å²) in [5.41, 5.74) is 2.42. The van der Waals surface area contributed by atoms with E-state index >= 15 is 0 Å². The first-order valence-electron chi connectivity index (χ1n) is 11.8. The number of carbonyl (C=O) groups is 2. The highest BCUT2D eigenvalue weighted by molar-refractivity contribution is 7.09. The van der Waals surface area contributed by atoms with E-state index in [1.54, 1.807) is 5.38 Å². The van der Waals surface area contributed by atoms with Gasteiger partial charge in [-0.25, -0.2) is 4.98 Å². The number of nitrogens with one attached hydrogen (secondary N) is 2. The zero-order chi connectivity index (χ0) is 27.7.